The topological polar surface area (TPSA) is 21.3 Å². The molecule has 0 spiro atoms. The highest BCUT2D eigenvalue weighted by molar-refractivity contribution is 6.50. The van der Waals surface area contributed by atoms with Crippen LogP contribution >= 0.6 is 23.2 Å². The Morgan fingerprint density at radius 2 is 1.92 bits per heavy atom. The number of ether oxygens (including phenoxy) is 1. The van der Waals surface area contributed by atoms with Crippen LogP contribution in [-0.2, 0) is 4.74 Å². The van der Waals surface area contributed by atoms with Crippen LogP contribution < -0.4 is 5.32 Å². The Balaban J connectivity index is 1.62. The zero-order valence-corrected chi connectivity index (χ0v) is 9.07. The molecule has 2 aliphatic rings. The van der Waals surface area contributed by atoms with Crippen molar-refractivity contribution in [3.8, 4) is 0 Å². The number of hydrogen-bond acceptors (Lipinski definition) is 2. The Labute approximate surface area is 88.9 Å². The largest absolute Gasteiger partial charge is 0.381 e. The number of alkyl halides is 2. The molecule has 1 aliphatic carbocycles. The van der Waals surface area contributed by atoms with Gasteiger partial charge in [-0.2, -0.15) is 0 Å². The van der Waals surface area contributed by atoms with Gasteiger partial charge in [-0.15, -0.1) is 23.2 Å². The zero-order chi connectivity index (χ0) is 9.31. The van der Waals surface area contributed by atoms with Crippen molar-refractivity contribution >= 4 is 23.2 Å². The predicted octanol–water partition coefficient (Wildman–Crippen LogP) is 1.95. The third-order valence-electron chi connectivity index (χ3n) is 2.83. The van der Waals surface area contributed by atoms with Crippen LogP contribution in [0.25, 0.3) is 0 Å². The maximum absolute atomic E-state index is 5.93. The van der Waals surface area contributed by atoms with Gasteiger partial charge in [0.25, 0.3) is 0 Å². The summed E-state index contributed by atoms with van der Waals surface area (Å²) < 4.78 is 4.84. The summed E-state index contributed by atoms with van der Waals surface area (Å²) in [5, 5.41) is 3.49. The molecule has 1 aliphatic heterocycles. The predicted molar refractivity (Wildman–Crippen MR) is 54.4 cm³/mol. The molecule has 0 amide bonds. The minimum absolute atomic E-state index is 0.432. The molecule has 2 fully saturated rings. The maximum atomic E-state index is 5.93. The summed E-state index contributed by atoms with van der Waals surface area (Å²) >= 11 is 11.9. The summed E-state index contributed by atoms with van der Waals surface area (Å²) in [4.78, 5) is 0. The van der Waals surface area contributed by atoms with Gasteiger partial charge in [0.1, 0.15) is 4.33 Å². The smallest absolute Gasteiger partial charge is 0.122 e. The van der Waals surface area contributed by atoms with Gasteiger partial charge >= 0.3 is 0 Å². The van der Waals surface area contributed by atoms with Crippen LogP contribution in [0.2, 0.25) is 0 Å². The first-order chi connectivity index (χ1) is 6.18. The number of rotatable bonds is 3. The molecule has 1 saturated carbocycles. The van der Waals surface area contributed by atoms with Crippen molar-refractivity contribution in [1.29, 1.82) is 0 Å². The first-order valence-electron chi connectivity index (χ1n) is 4.87. The monoisotopic (exact) mass is 223 g/mol. The van der Waals surface area contributed by atoms with E-state index in [9.17, 15) is 0 Å². The first kappa shape index (κ1) is 10.0. The molecule has 13 heavy (non-hydrogen) atoms. The van der Waals surface area contributed by atoms with E-state index in [1.807, 2.05) is 0 Å². The molecule has 0 aromatic heterocycles. The van der Waals surface area contributed by atoms with Crippen molar-refractivity contribution in [2.45, 2.75) is 29.6 Å². The lowest BCUT2D eigenvalue weighted by Gasteiger charge is -2.23. The van der Waals surface area contributed by atoms with E-state index in [1.165, 1.54) is 0 Å². The average Bonchev–Trinajstić information content (AvgIpc) is 2.73. The van der Waals surface area contributed by atoms with Crippen molar-refractivity contribution in [3.05, 3.63) is 0 Å². The van der Waals surface area contributed by atoms with Crippen molar-refractivity contribution in [3.63, 3.8) is 0 Å². The number of hydrogen-bond donors (Lipinski definition) is 1. The summed E-state index contributed by atoms with van der Waals surface area (Å²) in [6, 6.07) is 0.610. The fourth-order valence-electron chi connectivity index (χ4n) is 1.70. The van der Waals surface area contributed by atoms with Gasteiger partial charge in [-0.3, -0.25) is 0 Å². The SMILES string of the molecule is ClC1(Cl)CC1CNC1CCOCC1. The standard InChI is InChI=1S/C9H15Cl2NO/c10-9(11)5-7(9)6-12-8-1-3-13-4-2-8/h7-8,12H,1-6H2. The van der Waals surface area contributed by atoms with E-state index in [1.54, 1.807) is 0 Å². The van der Waals surface area contributed by atoms with Crippen LogP contribution in [-0.4, -0.2) is 30.1 Å². The third-order valence-corrected chi connectivity index (χ3v) is 3.76. The summed E-state index contributed by atoms with van der Waals surface area (Å²) in [6.07, 6.45) is 3.17. The quantitative estimate of drug-likeness (QED) is 0.740. The molecule has 0 bridgehead atoms. The summed E-state index contributed by atoms with van der Waals surface area (Å²) in [6.45, 7) is 2.72. The van der Waals surface area contributed by atoms with E-state index >= 15 is 0 Å². The van der Waals surface area contributed by atoms with Gasteiger partial charge in [0.05, 0.1) is 0 Å². The van der Waals surface area contributed by atoms with Crippen molar-refractivity contribution < 1.29 is 4.74 Å². The highest BCUT2D eigenvalue weighted by Gasteiger charge is 2.51. The van der Waals surface area contributed by atoms with E-state index in [0.29, 0.717) is 12.0 Å². The number of nitrogens with one attached hydrogen (secondary N) is 1. The molecular weight excluding hydrogens is 209 g/mol. The second-order valence-electron chi connectivity index (χ2n) is 3.96. The van der Waals surface area contributed by atoms with E-state index in [0.717, 1.165) is 39.0 Å². The Hall–Kier alpha value is 0.500. The highest BCUT2D eigenvalue weighted by atomic mass is 35.5. The summed E-state index contributed by atoms with van der Waals surface area (Å²) in [5.41, 5.74) is 0. The molecule has 76 valence electrons. The fourth-order valence-corrected chi connectivity index (χ4v) is 2.23. The second-order valence-corrected chi connectivity index (χ2v) is 5.50. The molecular formula is C9H15Cl2NO. The lowest BCUT2D eigenvalue weighted by atomic mass is 10.1. The van der Waals surface area contributed by atoms with Crippen LogP contribution in [0, 0.1) is 5.92 Å². The molecule has 2 nitrogen and oxygen atoms in total. The van der Waals surface area contributed by atoms with Crippen LogP contribution in [0.3, 0.4) is 0 Å². The minimum Gasteiger partial charge on any atom is -0.381 e. The molecule has 1 atom stereocenters. The average molecular weight is 224 g/mol. The summed E-state index contributed by atoms with van der Waals surface area (Å²) in [5.74, 6) is 0.457. The maximum Gasteiger partial charge on any atom is 0.122 e. The Bertz CT molecular complexity index is 180. The molecule has 4 heteroatoms. The van der Waals surface area contributed by atoms with E-state index in [-0.39, 0.29) is 0 Å². The molecule has 1 saturated heterocycles. The van der Waals surface area contributed by atoms with Gasteiger partial charge < -0.3 is 10.1 Å². The lowest BCUT2D eigenvalue weighted by Crippen LogP contribution is -2.36. The molecule has 0 radical (unpaired) electrons. The Morgan fingerprint density at radius 3 is 2.46 bits per heavy atom. The molecule has 1 N–H and O–H groups in total. The van der Waals surface area contributed by atoms with E-state index in [2.05, 4.69) is 5.32 Å². The Kier molecular flexibility index (Phi) is 3.04. The van der Waals surface area contributed by atoms with Crippen molar-refractivity contribution in [1.82, 2.24) is 5.32 Å². The highest BCUT2D eigenvalue weighted by Crippen LogP contribution is 2.52. The Morgan fingerprint density at radius 1 is 1.31 bits per heavy atom. The van der Waals surface area contributed by atoms with Crippen molar-refractivity contribution in [2.75, 3.05) is 19.8 Å². The van der Waals surface area contributed by atoms with Gasteiger partial charge in [-0.25, -0.2) is 0 Å². The number of halogens is 2. The van der Waals surface area contributed by atoms with E-state index in [4.69, 9.17) is 27.9 Å². The zero-order valence-electron chi connectivity index (χ0n) is 7.56. The molecule has 0 aromatic carbocycles. The van der Waals surface area contributed by atoms with Crippen molar-refractivity contribution in [2.24, 2.45) is 5.92 Å². The van der Waals surface area contributed by atoms with Gasteiger partial charge in [0, 0.05) is 31.7 Å². The van der Waals surface area contributed by atoms with Crippen LogP contribution in [0.4, 0.5) is 0 Å². The molecule has 1 heterocycles. The van der Waals surface area contributed by atoms with Gasteiger partial charge in [-0.05, 0) is 19.3 Å². The normalized spacial score (nSPS) is 33.2. The molecule has 0 aromatic rings. The minimum atomic E-state index is -0.432. The van der Waals surface area contributed by atoms with Gasteiger partial charge in [-0.1, -0.05) is 0 Å². The summed E-state index contributed by atoms with van der Waals surface area (Å²) in [7, 11) is 0. The second kappa shape index (κ2) is 3.93. The van der Waals surface area contributed by atoms with Crippen LogP contribution in [0.5, 0.6) is 0 Å². The third kappa shape index (κ3) is 2.72. The van der Waals surface area contributed by atoms with E-state index < -0.39 is 4.33 Å². The fraction of sp³-hybridized carbons (Fsp3) is 1.00. The van der Waals surface area contributed by atoms with Gasteiger partial charge in [0.15, 0.2) is 0 Å². The van der Waals surface area contributed by atoms with Gasteiger partial charge in [0.2, 0.25) is 0 Å². The van der Waals surface area contributed by atoms with Crippen LogP contribution in [0.15, 0.2) is 0 Å². The first-order valence-corrected chi connectivity index (χ1v) is 5.63. The lowest BCUT2D eigenvalue weighted by molar-refractivity contribution is 0.0778. The van der Waals surface area contributed by atoms with Crippen LogP contribution in [0.1, 0.15) is 19.3 Å². The molecule has 1 unspecified atom stereocenters. The molecule has 2 rings (SSSR count).